The summed E-state index contributed by atoms with van der Waals surface area (Å²) in [6.45, 7) is 10.7. The highest BCUT2D eigenvalue weighted by Gasteiger charge is 2.26. The predicted octanol–water partition coefficient (Wildman–Crippen LogP) is 1.13. The first kappa shape index (κ1) is 12.4. The average molecular weight is 186 g/mol. The fourth-order valence-corrected chi connectivity index (χ4v) is 0.808. The third-order valence-corrected chi connectivity index (χ3v) is 1.90. The van der Waals surface area contributed by atoms with Crippen LogP contribution < -0.4 is 11.1 Å². The van der Waals surface area contributed by atoms with Gasteiger partial charge in [-0.2, -0.15) is 0 Å². The van der Waals surface area contributed by atoms with Crippen LogP contribution in [0.3, 0.4) is 0 Å². The Hall–Kier alpha value is -0.570. The van der Waals surface area contributed by atoms with Gasteiger partial charge in [0.2, 0.25) is 5.91 Å². The van der Waals surface area contributed by atoms with Crippen LogP contribution in [-0.4, -0.2) is 18.5 Å². The lowest BCUT2D eigenvalue weighted by atomic mass is 9.87. The minimum atomic E-state index is -0.425. The molecule has 0 radical (unpaired) electrons. The van der Waals surface area contributed by atoms with Crippen molar-refractivity contribution >= 4 is 5.91 Å². The fourth-order valence-electron chi connectivity index (χ4n) is 0.808. The van der Waals surface area contributed by atoms with Crippen molar-refractivity contribution in [3.05, 3.63) is 0 Å². The summed E-state index contributed by atoms with van der Waals surface area (Å²) < 4.78 is 0. The van der Waals surface area contributed by atoms with Crippen LogP contribution in [0.2, 0.25) is 0 Å². The summed E-state index contributed by atoms with van der Waals surface area (Å²) in [5.41, 5.74) is 5.60. The van der Waals surface area contributed by atoms with Crippen LogP contribution in [0.15, 0.2) is 0 Å². The van der Waals surface area contributed by atoms with E-state index in [1.165, 1.54) is 0 Å². The summed E-state index contributed by atoms with van der Waals surface area (Å²) in [4.78, 5) is 11.5. The Morgan fingerprint density at radius 2 is 1.85 bits per heavy atom. The Morgan fingerprint density at radius 3 is 2.15 bits per heavy atom. The number of amides is 1. The minimum absolute atomic E-state index is 0.0544. The molecule has 0 aromatic heterocycles. The monoisotopic (exact) mass is 186 g/mol. The normalized spacial score (nSPS) is 14.4. The molecule has 0 fully saturated rings. The molecule has 0 spiro atoms. The Balaban J connectivity index is 3.98. The molecule has 3 heteroatoms. The number of nitrogens with two attached hydrogens (primary N) is 1. The van der Waals surface area contributed by atoms with Gasteiger partial charge < -0.3 is 11.1 Å². The average Bonchev–Trinajstić information content (AvgIpc) is 1.96. The van der Waals surface area contributed by atoms with Crippen molar-refractivity contribution in [2.24, 2.45) is 17.1 Å². The zero-order valence-corrected chi connectivity index (χ0v) is 9.35. The van der Waals surface area contributed by atoms with Gasteiger partial charge in [-0.1, -0.05) is 34.6 Å². The Bertz CT molecular complexity index is 170. The van der Waals surface area contributed by atoms with Gasteiger partial charge in [0.05, 0.1) is 6.04 Å². The summed E-state index contributed by atoms with van der Waals surface area (Å²) in [5.74, 6) is 0.414. The number of hydrogen-bond acceptors (Lipinski definition) is 2. The zero-order valence-electron chi connectivity index (χ0n) is 9.35. The highest BCUT2D eigenvalue weighted by Crippen LogP contribution is 2.17. The van der Waals surface area contributed by atoms with Gasteiger partial charge in [-0.25, -0.2) is 0 Å². The maximum absolute atomic E-state index is 11.5. The van der Waals surface area contributed by atoms with Crippen LogP contribution in [0.1, 0.15) is 34.6 Å². The lowest BCUT2D eigenvalue weighted by molar-refractivity contribution is -0.124. The molecule has 0 aromatic rings. The van der Waals surface area contributed by atoms with Crippen molar-refractivity contribution in [2.75, 3.05) is 6.54 Å². The SMILES string of the molecule is CC(C)CNC(=O)C(N)C(C)(C)C. The molecule has 1 amide bonds. The van der Waals surface area contributed by atoms with Gasteiger partial charge in [0, 0.05) is 6.54 Å². The van der Waals surface area contributed by atoms with Gasteiger partial charge in [-0.05, 0) is 11.3 Å². The number of carbonyl (C=O) groups excluding carboxylic acids is 1. The number of hydrogen-bond donors (Lipinski definition) is 2. The predicted molar refractivity (Wildman–Crippen MR) is 55.3 cm³/mol. The van der Waals surface area contributed by atoms with Gasteiger partial charge in [0.25, 0.3) is 0 Å². The van der Waals surface area contributed by atoms with E-state index in [1.807, 2.05) is 20.8 Å². The highest BCUT2D eigenvalue weighted by molar-refractivity contribution is 5.82. The second kappa shape index (κ2) is 4.61. The Morgan fingerprint density at radius 1 is 1.38 bits per heavy atom. The van der Waals surface area contributed by atoms with E-state index in [0.29, 0.717) is 12.5 Å². The molecular weight excluding hydrogens is 164 g/mol. The lowest BCUT2D eigenvalue weighted by Gasteiger charge is -2.26. The quantitative estimate of drug-likeness (QED) is 0.694. The summed E-state index contributed by atoms with van der Waals surface area (Å²) in [6, 6.07) is -0.425. The van der Waals surface area contributed by atoms with Gasteiger partial charge in [0.1, 0.15) is 0 Å². The van der Waals surface area contributed by atoms with Crippen molar-refractivity contribution < 1.29 is 4.79 Å². The summed E-state index contributed by atoms with van der Waals surface area (Å²) in [5, 5.41) is 2.82. The maximum atomic E-state index is 11.5. The van der Waals surface area contributed by atoms with Crippen LogP contribution in [0.4, 0.5) is 0 Å². The molecule has 0 aliphatic carbocycles. The largest absolute Gasteiger partial charge is 0.354 e. The van der Waals surface area contributed by atoms with Crippen LogP contribution in [0, 0.1) is 11.3 Å². The summed E-state index contributed by atoms with van der Waals surface area (Å²) >= 11 is 0. The molecule has 0 aliphatic rings. The van der Waals surface area contributed by atoms with E-state index in [4.69, 9.17) is 5.73 Å². The molecule has 13 heavy (non-hydrogen) atoms. The second-order valence-corrected chi connectivity index (χ2v) is 4.98. The van der Waals surface area contributed by atoms with Crippen molar-refractivity contribution in [1.29, 1.82) is 0 Å². The Kier molecular flexibility index (Phi) is 4.40. The van der Waals surface area contributed by atoms with Gasteiger partial charge in [0.15, 0.2) is 0 Å². The van der Waals surface area contributed by atoms with Crippen molar-refractivity contribution in [3.8, 4) is 0 Å². The van der Waals surface area contributed by atoms with Crippen LogP contribution in [0.5, 0.6) is 0 Å². The van der Waals surface area contributed by atoms with Crippen LogP contribution in [-0.2, 0) is 4.79 Å². The number of carbonyl (C=O) groups is 1. The first-order chi connectivity index (χ1) is 5.75. The molecule has 0 rings (SSSR count). The van der Waals surface area contributed by atoms with Crippen LogP contribution >= 0.6 is 0 Å². The first-order valence-corrected chi connectivity index (χ1v) is 4.78. The van der Waals surface area contributed by atoms with Crippen molar-refractivity contribution in [1.82, 2.24) is 5.32 Å². The van der Waals surface area contributed by atoms with E-state index in [-0.39, 0.29) is 11.3 Å². The number of nitrogens with one attached hydrogen (secondary N) is 1. The van der Waals surface area contributed by atoms with Gasteiger partial charge in [-0.15, -0.1) is 0 Å². The van der Waals surface area contributed by atoms with Gasteiger partial charge >= 0.3 is 0 Å². The van der Waals surface area contributed by atoms with E-state index in [2.05, 4.69) is 19.2 Å². The van der Waals surface area contributed by atoms with Crippen molar-refractivity contribution in [2.45, 2.75) is 40.7 Å². The molecule has 0 bridgehead atoms. The fraction of sp³-hybridized carbons (Fsp3) is 0.900. The third-order valence-electron chi connectivity index (χ3n) is 1.90. The van der Waals surface area contributed by atoms with E-state index in [1.54, 1.807) is 0 Å². The first-order valence-electron chi connectivity index (χ1n) is 4.78. The molecule has 1 atom stereocenters. The lowest BCUT2D eigenvalue weighted by Crippen LogP contribution is -2.49. The molecule has 0 saturated carbocycles. The molecule has 0 aliphatic heterocycles. The number of rotatable bonds is 3. The summed E-state index contributed by atoms with van der Waals surface area (Å²) in [7, 11) is 0. The molecule has 78 valence electrons. The maximum Gasteiger partial charge on any atom is 0.237 e. The van der Waals surface area contributed by atoms with Crippen LogP contribution in [0.25, 0.3) is 0 Å². The topological polar surface area (TPSA) is 55.1 Å². The zero-order chi connectivity index (χ0) is 10.6. The smallest absolute Gasteiger partial charge is 0.237 e. The van der Waals surface area contributed by atoms with E-state index in [0.717, 1.165) is 0 Å². The molecule has 3 nitrogen and oxygen atoms in total. The molecule has 0 saturated heterocycles. The molecule has 3 N–H and O–H groups in total. The Labute approximate surface area is 81.1 Å². The highest BCUT2D eigenvalue weighted by atomic mass is 16.2. The van der Waals surface area contributed by atoms with Gasteiger partial charge in [-0.3, -0.25) is 4.79 Å². The third kappa shape index (κ3) is 4.88. The molecular formula is C10H22N2O. The minimum Gasteiger partial charge on any atom is -0.354 e. The van der Waals surface area contributed by atoms with E-state index in [9.17, 15) is 4.79 Å². The molecule has 0 aromatic carbocycles. The van der Waals surface area contributed by atoms with Crippen molar-refractivity contribution in [3.63, 3.8) is 0 Å². The molecule has 1 unspecified atom stereocenters. The molecule has 0 heterocycles. The van der Waals surface area contributed by atoms with E-state index >= 15 is 0 Å². The standard InChI is InChI=1S/C10H22N2O/c1-7(2)6-12-9(13)8(11)10(3,4)5/h7-8H,6,11H2,1-5H3,(H,12,13). The van der Waals surface area contributed by atoms with E-state index < -0.39 is 6.04 Å². The second-order valence-electron chi connectivity index (χ2n) is 4.98. The summed E-state index contributed by atoms with van der Waals surface area (Å²) in [6.07, 6.45) is 0.